The second kappa shape index (κ2) is 7.77. The predicted molar refractivity (Wildman–Crippen MR) is 89.8 cm³/mol. The minimum Gasteiger partial charge on any atom is -0.466 e. The van der Waals surface area contributed by atoms with Crippen molar-refractivity contribution in [1.29, 1.82) is 0 Å². The molecule has 1 amide bonds. The molecule has 0 heterocycles. The smallest absolute Gasteiger partial charge is 0.311 e. The van der Waals surface area contributed by atoms with Crippen LogP contribution < -0.4 is 5.32 Å². The average Bonchev–Trinajstić information content (AvgIpc) is 2.93. The summed E-state index contributed by atoms with van der Waals surface area (Å²) in [5.74, 6) is -0.928. The van der Waals surface area contributed by atoms with Gasteiger partial charge in [-0.15, -0.1) is 13.2 Å². The standard InChI is InChI=1S/C19H23NO3/c1-4-13-12-14(5-2)17(16(13)19(22)23-6-3)20-18(21)15-10-8-7-9-11-15/h4-5,7-11,13-14,16-17H,1-2,6,12H2,3H3,(H,20,21)/t13-,14+,16+,17+/m0/s1. The number of hydrogen-bond donors (Lipinski definition) is 1. The molecule has 23 heavy (non-hydrogen) atoms. The molecule has 0 aliphatic heterocycles. The van der Waals surface area contributed by atoms with Crippen LogP contribution >= 0.6 is 0 Å². The lowest BCUT2D eigenvalue weighted by atomic mass is 9.92. The maximum atomic E-state index is 12.5. The summed E-state index contributed by atoms with van der Waals surface area (Å²) in [5.41, 5.74) is 0.569. The summed E-state index contributed by atoms with van der Waals surface area (Å²) in [6.45, 7) is 9.76. The van der Waals surface area contributed by atoms with Crippen LogP contribution in [0.25, 0.3) is 0 Å². The fraction of sp³-hybridized carbons (Fsp3) is 0.368. The monoisotopic (exact) mass is 313 g/mol. The minimum absolute atomic E-state index is 0.0140. The molecule has 1 aromatic rings. The van der Waals surface area contributed by atoms with E-state index in [1.54, 1.807) is 31.2 Å². The van der Waals surface area contributed by atoms with Gasteiger partial charge in [-0.25, -0.2) is 0 Å². The first-order valence-corrected chi connectivity index (χ1v) is 7.90. The van der Waals surface area contributed by atoms with E-state index in [0.29, 0.717) is 12.2 Å². The van der Waals surface area contributed by atoms with E-state index in [0.717, 1.165) is 6.42 Å². The molecule has 1 aliphatic rings. The first-order valence-electron chi connectivity index (χ1n) is 7.90. The lowest BCUT2D eigenvalue weighted by molar-refractivity contribution is -0.149. The molecule has 0 saturated heterocycles. The Balaban J connectivity index is 2.23. The van der Waals surface area contributed by atoms with Gasteiger partial charge in [0.2, 0.25) is 0 Å². The third-order valence-corrected chi connectivity index (χ3v) is 4.35. The summed E-state index contributed by atoms with van der Waals surface area (Å²) in [6.07, 6.45) is 4.30. The van der Waals surface area contributed by atoms with Gasteiger partial charge in [-0.1, -0.05) is 30.4 Å². The number of amides is 1. The van der Waals surface area contributed by atoms with Crippen LogP contribution in [-0.2, 0) is 9.53 Å². The Morgan fingerprint density at radius 3 is 2.43 bits per heavy atom. The summed E-state index contributed by atoms with van der Waals surface area (Å²) in [4.78, 5) is 24.8. The lowest BCUT2D eigenvalue weighted by Crippen LogP contribution is -2.45. The molecule has 1 saturated carbocycles. The highest BCUT2D eigenvalue weighted by molar-refractivity contribution is 5.94. The molecule has 122 valence electrons. The molecule has 0 bridgehead atoms. The van der Waals surface area contributed by atoms with Gasteiger partial charge < -0.3 is 10.1 Å². The Morgan fingerprint density at radius 1 is 1.22 bits per heavy atom. The van der Waals surface area contributed by atoms with Gasteiger partial charge in [0.15, 0.2) is 0 Å². The van der Waals surface area contributed by atoms with Gasteiger partial charge >= 0.3 is 5.97 Å². The molecule has 0 unspecified atom stereocenters. The van der Waals surface area contributed by atoms with Gasteiger partial charge in [0.05, 0.1) is 12.5 Å². The number of carbonyl (C=O) groups excluding carboxylic acids is 2. The SMILES string of the molecule is C=C[C@@H]1C[C@H](C=C)[C@@H](C(=O)OCC)[C@@H]1NC(=O)c1ccccc1. The van der Waals surface area contributed by atoms with Gasteiger partial charge in [-0.2, -0.15) is 0 Å². The first kappa shape index (κ1) is 17.0. The van der Waals surface area contributed by atoms with Crippen LogP contribution in [0.1, 0.15) is 23.7 Å². The van der Waals surface area contributed by atoms with Crippen molar-refractivity contribution in [3.05, 3.63) is 61.2 Å². The molecule has 2 rings (SSSR count). The van der Waals surface area contributed by atoms with Crippen LogP contribution in [0, 0.1) is 17.8 Å². The summed E-state index contributed by atoms with van der Waals surface area (Å²) < 4.78 is 5.20. The second-order valence-electron chi connectivity index (χ2n) is 5.68. The first-order chi connectivity index (χ1) is 11.1. The van der Waals surface area contributed by atoms with Crippen molar-refractivity contribution in [1.82, 2.24) is 5.32 Å². The summed E-state index contributed by atoms with van der Waals surface area (Å²) >= 11 is 0. The fourth-order valence-corrected chi connectivity index (χ4v) is 3.21. The Morgan fingerprint density at radius 2 is 1.87 bits per heavy atom. The van der Waals surface area contributed by atoms with Gasteiger partial charge in [0, 0.05) is 11.6 Å². The number of rotatable bonds is 6. The Kier molecular flexibility index (Phi) is 5.74. The second-order valence-corrected chi connectivity index (χ2v) is 5.68. The lowest BCUT2D eigenvalue weighted by Gasteiger charge is -2.24. The Labute approximate surface area is 137 Å². The van der Waals surface area contributed by atoms with Gasteiger partial charge in [-0.05, 0) is 37.3 Å². The molecule has 1 aromatic carbocycles. The van der Waals surface area contributed by atoms with Crippen molar-refractivity contribution in [2.45, 2.75) is 19.4 Å². The van der Waals surface area contributed by atoms with E-state index in [4.69, 9.17) is 4.74 Å². The minimum atomic E-state index is -0.428. The summed E-state index contributed by atoms with van der Waals surface area (Å²) in [6, 6.07) is 8.64. The number of esters is 1. The largest absolute Gasteiger partial charge is 0.466 e. The molecule has 4 nitrogen and oxygen atoms in total. The molecule has 0 aromatic heterocycles. The number of allylic oxidation sites excluding steroid dienone is 1. The van der Waals surface area contributed by atoms with Gasteiger partial charge in [0.1, 0.15) is 0 Å². The molecule has 0 spiro atoms. The molecular weight excluding hydrogens is 290 g/mol. The maximum absolute atomic E-state index is 12.5. The quantitative estimate of drug-likeness (QED) is 0.649. The van der Waals surface area contributed by atoms with Crippen molar-refractivity contribution in [2.24, 2.45) is 17.8 Å². The molecular formula is C19H23NO3. The number of benzene rings is 1. The normalized spacial score (nSPS) is 26.3. The van der Waals surface area contributed by atoms with E-state index in [2.05, 4.69) is 18.5 Å². The zero-order valence-corrected chi connectivity index (χ0v) is 13.4. The molecule has 1 fully saturated rings. The molecule has 1 aliphatic carbocycles. The highest BCUT2D eigenvalue weighted by Gasteiger charge is 2.46. The fourth-order valence-electron chi connectivity index (χ4n) is 3.21. The van der Waals surface area contributed by atoms with Crippen LogP contribution in [0.3, 0.4) is 0 Å². The number of hydrogen-bond acceptors (Lipinski definition) is 3. The topological polar surface area (TPSA) is 55.4 Å². The van der Waals surface area contributed by atoms with Crippen LogP contribution in [0.4, 0.5) is 0 Å². The van der Waals surface area contributed by atoms with Crippen molar-refractivity contribution < 1.29 is 14.3 Å². The maximum Gasteiger partial charge on any atom is 0.311 e. The molecule has 4 atom stereocenters. The van der Waals surface area contributed by atoms with Crippen LogP contribution in [0.15, 0.2) is 55.6 Å². The molecule has 1 N–H and O–H groups in total. The Bertz CT molecular complexity index is 582. The van der Waals surface area contributed by atoms with E-state index in [1.807, 2.05) is 18.2 Å². The van der Waals surface area contributed by atoms with Crippen molar-refractivity contribution in [2.75, 3.05) is 6.61 Å². The Hall–Kier alpha value is -2.36. The van der Waals surface area contributed by atoms with E-state index < -0.39 is 5.92 Å². The van der Waals surface area contributed by atoms with Crippen molar-refractivity contribution >= 4 is 11.9 Å². The third kappa shape index (κ3) is 3.70. The highest BCUT2D eigenvalue weighted by Crippen LogP contribution is 2.39. The number of ether oxygens (including phenoxy) is 1. The van der Waals surface area contributed by atoms with E-state index in [9.17, 15) is 9.59 Å². The highest BCUT2D eigenvalue weighted by atomic mass is 16.5. The third-order valence-electron chi connectivity index (χ3n) is 4.35. The number of nitrogens with one attached hydrogen (secondary N) is 1. The number of carbonyl (C=O) groups is 2. The van der Waals surface area contributed by atoms with E-state index in [1.165, 1.54) is 0 Å². The van der Waals surface area contributed by atoms with Gasteiger partial charge in [-0.3, -0.25) is 9.59 Å². The molecule has 0 radical (unpaired) electrons. The van der Waals surface area contributed by atoms with E-state index >= 15 is 0 Å². The average molecular weight is 313 g/mol. The van der Waals surface area contributed by atoms with Crippen molar-refractivity contribution in [3.63, 3.8) is 0 Å². The molecule has 4 heteroatoms. The van der Waals surface area contributed by atoms with Crippen molar-refractivity contribution in [3.8, 4) is 0 Å². The van der Waals surface area contributed by atoms with E-state index in [-0.39, 0.29) is 29.8 Å². The zero-order valence-electron chi connectivity index (χ0n) is 13.4. The zero-order chi connectivity index (χ0) is 16.8. The van der Waals surface area contributed by atoms with Crippen LogP contribution in [0.5, 0.6) is 0 Å². The summed E-state index contributed by atoms with van der Waals surface area (Å²) in [7, 11) is 0. The summed E-state index contributed by atoms with van der Waals surface area (Å²) in [5, 5.41) is 2.99. The predicted octanol–water partition coefficient (Wildman–Crippen LogP) is 2.97. The van der Waals surface area contributed by atoms with Crippen LogP contribution in [0.2, 0.25) is 0 Å². The van der Waals surface area contributed by atoms with Crippen LogP contribution in [-0.4, -0.2) is 24.5 Å². The van der Waals surface area contributed by atoms with Gasteiger partial charge in [0.25, 0.3) is 5.91 Å².